The molecule has 0 saturated heterocycles. The molecule has 2 rings (SSSR count). The van der Waals surface area contributed by atoms with Crippen LogP contribution in [0.3, 0.4) is 0 Å². The van der Waals surface area contributed by atoms with Gasteiger partial charge in [-0.1, -0.05) is 0 Å². The molecule has 2 aromatic rings. The highest BCUT2D eigenvalue weighted by Gasteiger charge is 2.30. The second-order valence-electron chi connectivity index (χ2n) is 5.36. The number of benzene rings is 2. The SMILES string of the molecule is COc1cc(OC)cc(OCCN=C(N)Nc2ccc(OC(F)(F)F)cc2)c1. The maximum Gasteiger partial charge on any atom is 0.573 e. The number of ether oxygens (including phenoxy) is 4. The summed E-state index contributed by atoms with van der Waals surface area (Å²) in [7, 11) is 3.08. The molecular formula is C18H20F3N3O4. The summed E-state index contributed by atoms with van der Waals surface area (Å²) in [6.45, 7) is 0.505. The lowest BCUT2D eigenvalue weighted by Crippen LogP contribution is -2.23. The van der Waals surface area contributed by atoms with Crippen LogP contribution in [0.15, 0.2) is 47.5 Å². The summed E-state index contributed by atoms with van der Waals surface area (Å²) >= 11 is 0. The van der Waals surface area contributed by atoms with Crippen molar-refractivity contribution in [3.05, 3.63) is 42.5 Å². The lowest BCUT2D eigenvalue weighted by molar-refractivity contribution is -0.274. The number of hydrogen-bond donors (Lipinski definition) is 2. The Labute approximate surface area is 159 Å². The molecule has 152 valence electrons. The zero-order valence-electron chi connectivity index (χ0n) is 15.2. The van der Waals surface area contributed by atoms with Crippen LogP contribution in [0.4, 0.5) is 18.9 Å². The summed E-state index contributed by atoms with van der Waals surface area (Å²) in [6.07, 6.45) is -4.73. The van der Waals surface area contributed by atoms with Crippen molar-refractivity contribution in [2.24, 2.45) is 10.7 Å². The van der Waals surface area contributed by atoms with E-state index in [4.69, 9.17) is 19.9 Å². The Hall–Kier alpha value is -3.30. The Morgan fingerprint density at radius 2 is 1.54 bits per heavy atom. The van der Waals surface area contributed by atoms with Crippen LogP contribution in [-0.2, 0) is 0 Å². The van der Waals surface area contributed by atoms with Gasteiger partial charge in [0.25, 0.3) is 0 Å². The van der Waals surface area contributed by atoms with E-state index >= 15 is 0 Å². The van der Waals surface area contributed by atoms with Gasteiger partial charge in [0.2, 0.25) is 0 Å². The fraction of sp³-hybridized carbons (Fsp3) is 0.278. The summed E-state index contributed by atoms with van der Waals surface area (Å²) in [5, 5.41) is 2.76. The Balaban J connectivity index is 1.83. The van der Waals surface area contributed by atoms with Crippen molar-refractivity contribution in [2.45, 2.75) is 6.36 Å². The van der Waals surface area contributed by atoms with Crippen LogP contribution in [0.1, 0.15) is 0 Å². The second-order valence-corrected chi connectivity index (χ2v) is 5.36. The molecule has 0 amide bonds. The summed E-state index contributed by atoms with van der Waals surface area (Å²) in [6, 6.07) is 10.3. The molecule has 0 aliphatic heterocycles. The molecule has 0 fully saturated rings. The lowest BCUT2D eigenvalue weighted by Gasteiger charge is -2.11. The number of halogens is 3. The molecule has 3 N–H and O–H groups in total. The van der Waals surface area contributed by atoms with Crippen LogP contribution in [0.2, 0.25) is 0 Å². The average molecular weight is 399 g/mol. The molecule has 0 spiro atoms. The summed E-state index contributed by atoms with van der Waals surface area (Å²) in [4.78, 5) is 4.09. The van der Waals surface area contributed by atoms with E-state index in [1.165, 1.54) is 38.5 Å². The van der Waals surface area contributed by atoms with Crippen LogP contribution in [0.25, 0.3) is 0 Å². The molecule has 2 aromatic carbocycles. The zero-order chi connectivity index (χ0) is 20.6. The van der Waals surface area contributed by atoms with Gasteiger partial charge in [0.1, 0.15) is 29.6 Å². The van der Waals surface area contributed by atoms with Crippen molar-refractivity contribution >= 4 is 11.6 Å². The molecule has 0 heterocycles. The molecule has 0 bridgehead atoms. The van der Waals surface area contributed by atoms with E-state index in [2.05, 4.69) is 15.0 Å². The van der Waals surface area contributed by atoms with Crippen molar-refractivity contribution in [1.82, 2.24) is 0 Å². The van der Waals surface area contributed by atoms with Crippen molar-refractivity contribution in [1.29, 1.82) is 0 Å². The molecule has 0 aliphatic carbocycles. The maximum absolute atomic E-state index is 12.1. The van der Waals surface area contributed by atoms with Crippen molar-refractivity contribution < 1.29 is 32.1 Å². The fourth-order valence-electron chi connectivity index (χ4n) is 2.12. The van der Waals surface area contributed by atoms with Crippen LogP contribution < -0.4 is 30.0 Å². The molecule has 0 aliphatic rings. The van der Waals surface area contributed by atoms with Crippen LogP contribution >= 0.6 is 0 Å². The Morgan fingerprint density at radius 1 is 0.964 bits per heavy atom. The molecule has 0 atom stereocenters. The molecule has 0 aromatic heterocycles. The van der Waals surface area contributed by atoms with Gasteiger partial charge in [0.05, 0.1) is 20.8 Å². The number of methoxy groups -OCH3 is 2. The van der Waals surface area contributed by atoms with E-state index in [0.29, 0.717) is 22.9 Å². The van der Waals surface area contributed by atoms with Crippen molar-refractivity contribution in [3.63, 3.8) is 0 Å². The standard InChI is InChI=1S/C18H20F3N3O4/c1-25-14-9-15(26-2)11-16(10-14)27-8-7-23-17(22)24-12-3-5-13(6-4-12)28-18(19,20)21/h3-6,9-11H,7-8H2,1-2H3,(H3,22,23,24). The van der Waals surface area contributed by atoms with Gasteiger partial charge in [-0.3, -0.25) is 0 Å². The molecule has 28 heavy (non-hydrogen) atoms. The highest BCUT2D eigenvalue weighted by molar-refractivity contribution is 5.92. The van der Waals surface area contributed by atoms with Crippen LogP contribution in [-0.4, -0.2) is 39.7 Å². The Morgan fingerprint density at radius 3 is 2.07 bits per heavy atom. The van der Waals surface area contributed by atoms with Crippen LogP contribution in [0.5, 0.6) is 23.0 Å². The van der Waals surface area contributed by atoms with E-state index < -0.39 is 6.36 Å². The molecule has 7 nitrogen and oxygen atoms in total. The summed E-state index contributed by atoms with van der Waals surface area (Å²) in [5.41, 5.74) is 6.22. The molecule has 0 saturated carbocycles. The van der Waals surface area contributed by atoms with Gasteiger partial charge in [-0.2, -0.15) is 0 Å². The number of nitrogens with one attached hydrogen (secondary N) is 1. The minimum absolute atomic E-state index is 0.0938. The predicted molar refractivity (Wildman–Crippen MR) is 98.3 cm³/mol. The van der Waals surface area contributed by atoms with Gasteiger partial charge in [0, 0.05) is 23.9 Å². The molecule has 0 unspecified atom stereocenters. The number of hydrogen-bond acceptors (Lipinski definition) is 5. The first-order chi connectivity index (χ1) is 13.3. The monoisotopic (exact) mass is 399 g/mol. The fourth-order valence-corrected chi connectivity index (χ4v) is 2.12. The number of nitrogens with two attached hydrogens (primary N) is 1. The van der Waals surface area contributed by atoms with Gasteiger partial charge < -0.3 is 30.0 Å². The number of alkyl halides is 3. The van der Waals surface area contributed by atoms with E-state index in [-0.39, 0.29) is 24.9 Å². The normalized spacial score (nSPS) is 11.7. The summed E-state index contributed by atoms with van der Waals surface area (Å²) in [5.74, 6) is 1.51. The van der Waals surface area contributed by atoms with Gasteiger partial charge in [-0.05, 0) is 24.3 Å². The number of nitrogens with zero attached hydrogens (tertiary/aromatic N) is 1. The third-order valence-electron chi connectivity index (χ3n) is 3.33. The van der Waals surface area contributed by atoms with E-state index in [0.717, 1.165) is 0 Å². The second kappa shape index (κ2) is 9.58. The molecular weight excluding hydrogens is 379 g/mol. The van der Waals surface area contributed by atoms with Gasteiger partial charge in [0.15, 0.2) is 5.96 Å². The highest BCUT2D eigenvalue weighted by Crippen LogP contribution is 2.27. The first kappa shape index (κ1) is 21.0. The quantitative estimate of drug-likeness (QED) is 0.402. The predicted octanol–water partition coefficient (Wildman–Crippen LogP) is 3.41. The van der Waals surface area contributed by atoms with Crippen molar-refractivity contribution in [2.75, 3.05) is 32.7 Å². The zero-order valence-corrected chi connectivity index (χ0v) is 15.2. The number of aliphatic imine (C=N–C) groups is 1. The largest absolute Gasteiger partial charge is 0.573 e. The third kappa shape index (κ3) is 7.14. The van der Waals surface area contributed by atoms with Crippen LogP contribution in [0, 0.1) is 0 Å². The first-order valence-electron chi connectivity index (χ1n) is 8.07. The highest BCUT2D eigenvalue weighted by atomic mass is 19.4. The smallest absolute Gasteiger partial charge is 0.496 e. The van der Waals surface area contributed by atoms with Gasteiger partial charge >= 0.3 is 6.36 Å². The van der Waals surface area contributed by atoms with E-state index in [9.17, 15) is 13.2 Å². The number of rotatable bonds is 8. The topological polar surface area (TPSA) is 87.3 Å². The summed E-state index contributed by atoms with van der Waals surface area (Å²) < 4.78 is 56.1. The maximum atomic E-state index is 12.1. The first-order valence-corrected chi connectivity index (χ1v) is 8.07. The third-order valence-corrected chi connectivity index (χ3v) is 3.33. The van der Waals surface area contributed by atoms with Gasteiger partial charge in [-0.15, -0.1) is 13.2 Å². The minimum Gasteiger partial charge on any atom is -0.496 e. The molecule has 10 heteroatoms. The number of anilines is 1. The Bertz CT molecular complexity index is 773. The van der Waals surface area contributed by atoms with Crippen molar-refractivity contribution in [3.8, 4) is 23.0 Å². The number of guanidine groups is 1. The van der Waals surface area contributed by atoms with E-state index in [1.54, 1.807) is 18.2 Å². The van der Waals surface area contributed by atoms with Gasteiger partial charge in [-0.25, -0.2) is 4.99 Å². The van der Waals surface area contributed by atoms with E-state index in [1.807, 2.05) is 0 Å². The average Bonchev–Trinajstić information content (AvgIpc) is 2.65. The molecule has 0 radical (unpaired) electrons. The minimum atomic E-state index is -4.73. The Kier molecular flexibility index (Phi) is 7.19. The lowest BCUT2D eigenvalue weighted by atomic mass is 10.3.